The van der Waals surface area contributed by atoms with E-state index in [2.05, 4.69) is 10.1 Å². The Morgan fingerprint density at radius 3 is 2.54 bits per heavy atom. The Bertz CT molecular complexity index is 878. The molecule has 1 aromatic heterocycles. The molecule has 0 aliphatic heterocycles. The quantitative estimate of drug-likeness (QED) is 0.566. The smallest absolute Gasteiger partial charge is 0.227 e. The van der Waals surface area contributed by atoms with Crippen LogP contribution in [0, 0.1) is 0 Å². The first-order valence-electron chi connectivity index (χ1n) is 9.04. The monoisotopic (exact) mass is 381 g/mol. The number of para-hydroxylation sites is 1. The highest BCUT2D eigenvalue weighted by Gasteiger charge is 2.13. The number of ether oxygens (including phenoxy) is 2. The number of methoxy groups -OCH3 is 1. The number of carbonyl (C=O) groups excluding carboxylic acids is 1. The van der Waals surface area contributed by atoms with Gasteiger partial charge in [-0.3, -0.25) is 4.79 Å². The minimum atomic E-state index is 0.000796. The average molecular weight is 381 g/mol. The first-order chi connectivity index (χ1) is 13.7. The van der Waals surface area contributed by atoms with Gasteiger partial charge < -0.3 is 18.9 Å². The zero-order valence-corrected chi connectivity index (χ0v) is 16.0. The second-order valence-electron chi connectivity index (χ2n) is 6.22. The van der Waals surface area contributed by atoms with Gasteiger partial charge in [0.15, 0.2) is 0 Å². The first kappa shape index (κ1) is 19.4. The van der Waals surface area contributed by atoms with Crippen LogP contribution in [0.3, 0.4) is 0 Å². The van der Waals surface area contributed by atoms with Gasteiger partial charge in [-0.05, 0) is 36.4 Å². The minimum absolute atomic E-state index is 0.000796. The summed E-state index contributed by atoms with van der Waals surface area (Å²) < 4.78 is 16.0. The van der Waals surface area contributed by atoms with Crippen molar-refractivity contribution >= 4 is 5.91 Å². The third-order valence-corrected chi connectivity index (χ3v) is 4.23. The second-order valence-corrected chi connectivity index (χ2v) is 6.22. The fourth-order valence-electron chi connectivity index (χ4n) is 2.56. The average Bonchev–Trinajstić information content (AvgIpc) is 3.22. The third kappa shape index (κ3) is 5.33. The van der Waals surface area contributed by atoms with Gasteiger partial charge in [-0.1, -0.05) is 23.4 Å². The van der Waals surface area contributed by atoms with Crippen LogP contribution in [0.1, 0.15) is 12.3 Å². The molecule has 1 heterocycles. The van der Waals surface area contributed by atoms with Crippen LogP contribution < -0.4 is 9.47 Å². The van der Waals surface area contributed by atoms with Gasteiger partial charge in [0.05, 0.1) is 13.7 Å². The lowest BCUT2D eigenvalue weighted by Crippen LogP contribution is -2.31. The zero-order chi connectivity index (χ0) is 19.8. The van der Waals surface area contributed by atoms with Crippen molar-refractivity contribution in [1.29, 1.82) is 0 Å². The summed E-state index contributed by atoms with van der Waals surface area (Å²) >= 11 is 0. The molecule has 0 atom stereocenters. The van der Waals surface area contributed by atoms with Gasteiger partial charge in [-0.25, -0.2) is 0 Å². The molecule has 0 aliphatic rings. The largest absolute Gasteiger partial charge is 0.497 e. The molecule has 0 saturated heterocycles. The van der Waals surface area contributed by atoms with E-state index in [1.807, 2.05) is 54.6 Å². The normalized spacial score (nSPS) is 10.5. The van der Waals surface area contributed by atoms with Crippen LogP contribution in [0.2, 0.25) is 0 Å². The highest BCUT2D eigenvalue weighted by molar-refractivity contribution is 5.76. The van der Waals surface area contributed by atoms with Crippen LogP contribution in [0.5, 0.6) is 11.5 Å². The number of benzene rings is 2. The molecule has 0 saturated carbocycles. The SMILES string of the molecule is COc1ccc(-c2noc(CCC(=O)N(C)CCOc3ccccc3)n2)cc1. The summed E-state index contributed by atoms with van der Waals surface area (Å²) in [5.41, 5.74) is 0.831. The van der Waals surface area contributed by atoms with Gasteiger partial charge in [-0.15, -0.1) is 0 Å². The molecular weight excluding hydrogens is 358 g/mol. The summed E-state index contributed by atoms with van der Waals surface area (Å²) in [5.74, 6) is 2.49. The van der Waals surface area contributed by atoms with Crippen molar-refractivity contribution in [2.24, 2.45) is 0 Å². The minimum Gasteiger partial charge on any atom is -0.497 e. The summed E-state index contributed by atoms with van der Waals surface area (Å²) in [7, 11) is 3.37. The number of carbonyl (C=O) groups is 1. The van der Waals surface area contributed by atoms with Gasteiger partial charge in [0.1, 0.15) is 18.1 Å². The topological polar surface area (TPSA) is 77.7 Å². The van der Waals surface area contributed by atoms with Crippen molar-refractivity contribution in [3.63, 3.8) is 0 Å². The number of hydrogen-bond donors (Lipinski definition) is 0. The third-order valence-electron chi connectivity index (χ3n) is 4.23. The van der Waals surface area contributed by atoms with Gasteiger partial charge in [0.25, 0.3) is 0 Å². The van der Waals surface area contributed by atoms with Crippen LogP contribution >= 0.6 is 0 Å². The highest BCUT2D eigenvalue weighted by Crippen LogP contribution is 2.20. The Kier molecular flexibility index (Phi) is 6.62. The molecule has 0 N–H and O–H groups in total. The van der Waals surface area contributed by atoms with E-state index in [0.717, 1.165) is 17.1 Å². The van der Waals surface area contributed by atoms with Crippen molar-refractivity contribution in [1.82, 2.24) is 15.0 Å². The van der Waals surface area contributed by atoms with Crippen molar-refractivity contribution in [2.45, 2.75) is 12.8 Å². The van der Waals surface area contributed by atoms with Crippen LogP contribution in [-0.4, -0.2) is 48.3 Å². The van der Waals surface area contributed by atoms with E-state index in [1.165, 1.54) is 0 Å². The lowest BCUT2D eigenvalue weighted by atomic mass is 10.2. The number of nitrogens with zero attached hydrogens (tertiary/aromatic N) is 3. The van der Waals surface area contributed by atoms with E-state index in [0.29, 0.717) is 37.7 Å². The summed E-state index contributed by atoms with van der Waals surface area (Å²) in [6.45, 7) is 0.948. The van der Waals surface area contributed by atoms with Crippen LogP contribution in [-0.2, 0) is 11.2 Å². The van der Waals surface area contributed by atoms with Gasteiger partial charge in [0.2, 0.25) is 17.6 Å². The van der Waals surface area contributed by atoms with E-state index in [9.17, 15) is 4.79 Å². The van der Waals surface area contributed by atoms with Crippen molar-refractivity contribution in [2.75, 3.05) is 27.3 Å². The summed E-state index contributed by atoms with van der Waals surface area (Å²) in [5, 5.41) is 3.98. The molecule has 7 heteroatoms. The molecule has 2 aromatic carbocycles. The Morgan fingerprint density at radius 1 is 1.07 bits per heavy atom. The molecule has 1 amide bonds. The number of hydrogen-bond acceptors (Lipinski definition) is 6. The van der Waals surface area contributed by atoms with E-state index < -0.39 is 0 Å². The lowest BCUT2D eigenvalue weighted by molar-refractivity contribution is -0.130. The maximum absolute atomic E-state index is 12.3. The maximum Gasteiger partial charge on any atom is 0.227 e. The van der Waals surface area contributed by atoms with Gasteiger partial charge >= 0.3 is 0 Å². The Hall–Kier alpha value is -3.35. The number of likely N-dealkylation sites (N-methyl/N-ethyl adjacent to an activating group) is 1. The fraction of sp³-hybridized carbons (Fsp3) is 0.286. The van der Waals surface area contributed by atoms with E-state index in [1.54, 1.807) is 19.1 Å². The van der Waals surface area contributed by atoms with Crippen molar-refractivity contribution < 1.29 is 18.8 Å². The standard InChI is InChI=1S/C21H23N3O4/c1-24(14-15-27-18-6-4-3-5-7-18)20(25)13-12-19-22-21(23-28-19)16-8-10-17(26-2)11-9-16/h3-11H,12-15H2,1-2H3. The molecule has 0 bridgehead atoms. The molecule has 3 rings (SSSR count). The number of rotatable bonds is 9. The molecule has 0 aliphatic carbocycles. The van der Waals surface area contributed by atoms with Crippen molar-refractivity contribution in [3.05, 3.63) is 60.5 Å². The summed E-state index contributed by atoms with van der Waals surface area (Å²) in [4.78, 5) is 18.3. The second kappa shape index (κ2) is 9.55. The number of aromatic nitrogens is 2. The summed E-state index contributed by atoms with van der Waals surface area (Å²) in [6, 6.07) is 16.9. The number of amides is 1. The molecule has 7 nitrogen and oxygen atoms in total. The molecule has 3 aromatic rings. The van der Waals surface area contributed by atoms with E-state index in [-0.39, 0.29) is 5.91 Å². The molecule has 0 radical (unpaired) electrons. The van der Waals surface area contributed by atoms with E-state index >= 15 is 0 Å². The Balaban J connectivity index is 1.44. The molecule has 0 spiro atoms. The van der Waals surface area contributed by atoms with E-state index in [4.69, 9.17) is 14.0 Å². The van der Waals surface area contributed by atoms with Crippen LogP contribution in [0.4, 0.5) is 0 Å². The lowest BCUT2D eigenvalue weighted by Gasteiger charge is -2.17. The Morgan fingerprint density at radius 2 is 1.82 bits per heavy atom. The molecular formula is C21H23N3O4. The predicted molar refractivity (Wildman–Crippen MR) is 104 cm³/mol. The van der Waals surface area contributed by atoms with Crippen LogP contribution in [0.15, 0.2) is 59.1 Å². The summed E-state index contributed by atoms with van der Waals surface area (Å²) in [6.07, 6.45) is 0.692. The van der Waals surface area contributed by atoms with Crippen molar-refractivity contribution in [3.8, 4) is 22.9 Å². The molecule has 28 heavy (non-hydrogen) atoms. The van der Waals surface area contributed by atoms with Gasteiger partial charge in [-0.2, -0.15) is 4.98 Å². The zero-order valence-electron chi connectivity index (χ0n) is 16.0. The highest BCUT2D eigenvalue weighted by atomic mass is 16.5. The number of aryl methyl sites for hydroxylation is 1. The first-order valence-corrected chi connectivity index (χ1v) is 9.04. The maximum atomic E-state index is 12.3. The van der Waals surface area contributed by atoms with Crippen LogP contribution in [0.25, 0.3) is 11.4 Å². The molecule has 0 fully saturated rings. The molecule has 0 unspecified atom stereocenters. The molecule has 146 valence electrons. The Labute approximate surface area is 163 Å². The predicted octanol–water partition coefficient (Wildman–Crippen LogP) is 3.22. The van der Waals surface area contributed by atoms with Gasteiger partial charge in [0, 0.05) is 25.5 Å². The fourth-order valence-corrected chi connectivity index (χ4v) is 2.56.